The van der Waals surface area contributed by atoms with E-state index >= 15 is 0 Å². The van der Waals surface area contributed by atoms with Gasteiger partial charge in [-0.3, -0.25) is 0 Å². The lowest BCUT2D eigenvalue weighted by Crippen LogP contribution is -2.35. The van der Waals surface area contributed by atoms with Crippen LogP contribution >= 0.6 is 0 Å². The summed E-state index contributed by atoms with van der Waals surface area (Å²) in [6.45, 7) is 11.1. The number of hydrogen-bond acceptors (Lipinski definition) is 7. The van der Waals surface area contributed by atoms with E-state index in [1.165, 1.54) is 0 Å². The van der Waals surface area contributed by atoms with Gasteiger partial charge in [-0.15, -0.1) is 5.10 Å². The molecule has 0 bridgehead atoms. The van der Waals surface area contributed by atoms with Crippen molar-refractivity contribution in [2.45, 2.75) is 70.6 Å². The molecule has 8 nitrogen and oxygen atoms in total. The number of hydrogen-bond donors (Lipinski definition) is 1. The number of carbonyl (C=O) groups is 1. The maximum Gasteiger partial charge on any atom is 0.408 e. The minimum absolute atomic E-state index is 0.0343. The minimum Gasteiger partial charge on any atom is -0.444 e. The van der Waals surface area contributed by atoms with Crippen LogP contribution in [0.2, 0.25) is 0 Å². The molecule has 1 unspecified atom stereocenters. The van der Waals surface area contributed by atoms with Crippen LogP contribution in [0.25, 0.3) is 0 Å². The van der Waals surface area contributed by atoms with Crippen LogP contribution in [0.4, 0.5) is 4.79 Å². The van der Waals surface area contributed by atoms with Crippen LogP contribution in [0.1, 0.15) is 64.1 Å². The van der Waals surface area contributed by atoms with Gasteiger partial charge in [-0.05, 0) is 45.6 Å². The summed E-state index contributed by atoms with van der Waals surface area (Å²) in [7, 11) is -3.81. The molecule has 1 amide bonds. The van der Waals surface area contributed by atoms with Crippen molar-refractivity contribution in [3.8, 4) is 0 Å². The van der Waals surface area contributed by atoms with E-state index < -0.39 is 32.8 Å². The van der Waals surface area contributed by atoms with Crippen molar-refractivity contribution in [1.29, 1.82) is 0 Å². The number of alkyl carbamates (subject to hydrolysis) is 1. The number of sulfone groups is 1. The van der Waals surface area contributed by atoms with Crippen LogP contribution in [0, 0.1) is 12.8 Å². The summed E-state index contributed by atoms with van der Waals surface area (Å²) >= 11 is 0. The Labute approximate surface area is 172 Å². The van der Waals surface area contributed by atoms with Gasteiger partial charge in [0.15, 0.2) is 0 Å². The van der Waals surface area contributed by atoms with Crippen molar-refractivity contribution in [1.82, 2.24) is 15.5 Å². The van der Waals surface area contributed by atoms with E-state index in [1.807, 2.05) is 32.9 Å². The summed E-state index contributed by atoms with van der Waals surface area (Å²) in [5.74, 6) is -0.0232. The van der Waals surface area contributed by atoms with E-state index in [4.69, 9.17) is 9.15 Å². The van der Waals surface area contributed by atoms with E-state index in [0.29, 0.717) is 12.0 Å². The predicted molar refractivity (Wildman–Crippen MR) is 108 cm³/mol. The molecule has 9 heteroatoms. The molecule has 0 aliphatic carbocycles. The number of amides is 1. The zero-order valence-corrected chi connectivity index (χ0v) is 18.5. The smallest absolute Gasteiger partial charge is 0.408 e. The van der Waals surface area contributed by atoms with Crippen molar-refractivity contribution < 1.29 is 22.4 Å². The monoisotopic (exact) mass is 423 g/mol. The Bertz CT molecular complexity index is 928. The van der Waals surface area contributed by atoms with Crippen molar-refractivity contribution in [3.63, 3.8) is 0 Å². The van der Waals surface area contributed by atoms with Crippen LogP contribution in [0.5, 0.6) is 0 Å². The molecule has 1 atom stereocenters. The third-order valence-corrected chi connectivity index (χ3v) is 5.27. The van der Waals surface area contributed by atoms with Gasteiger partial charge >= 0.3 is 11.3 Å². The number of aromatic nitrogens is 2. The van der Waals surface area contributed by atoms with Gasteiger partial charge in [-0.2, -0.15) is 0 Å². The number of rotatable bonds is 7. The van der Waals surface area contributed by atoms with Crippen molar-refractivity contribution in [2.24, 2.45) is 5.92 Å². The Morgan fingerprint density at radius 2 is 1.79 bits per heavy atom. The fourth-order valence-electron chi connectivity index (χ4n) is 2.60. The molecule has 0 radical (unpaired) electrons. The van der Waals surface area contributed by atoms with Gasteiger partial charge in [-0.1, -0.05) is 48.8 Å². The Hall–Kier alpha value is -2.42. The molecular weight excluding hydrogens is 394 g/mol. The summed E-state index contributed by atoms with van der Waals surface area (Å²) in [6, 6.07) is 6.52. The van der Waals surface area contributed by atoms with Gasteiger partial charge in [0, 0.05) is 0 Å². The second kappa shape index (κ2) is 8.94. The van der Waals surface area contributed by atoms with Gasteiger partial charge < -0.3 is 14.5 Å². The predicted octanol–water partition coefficient (Wildman–Crippen LogP) is 3.96. The lowest BCUT2D eigenvalue weighted by molar-refractivity contribution is 0.0487. The first-order chi connectivity index (χ1) is 13.4. The summed E-state index contributed by atoms with van der Waals surface area (Å²) < 4.78 is 36.0. The van der Waals surface area contributed by atoms with Gasteiger partial charge in [-0.25, -0.2) is 13.2 Å². The van der Waals surface area contributed by atoms with Gasteiger partial charge in [0.25, 0.3) is 0 Å². The SMILES string of the molecule is Cc1ccc(CS(=O)(=O)c2nnc(C(CC(C)C)NC(=O)OC(C)(C)C)o2)cc1. The highest BCUT2D eigenvalue weighted by atomic mass is 32.2. The highest BCUT2D eigenvalue weighted by Gasteiger charge is 2.29. The lowest BCUT2D eigenvalue weighted by atomic mass is 10.0. The maximum absolute atomic E-state index is 12.6. The van der Waals surface area contributed by atoms with E-state index in [1.54, 1.807) is 32.9 Å². The van der Waals surface area contributed by atoms with Gasteiger partial charge in [0.2, 0.25) is 15.7 Å². The Kier molecular flexibility index (Phi) is 7.05. The normalized spacial score (nSPS) is 13.3. The molecule has 2 aromatic rings. The third-order valence-electron chi connectivity index (χ3n) is 3.86. The molecule has 0 aliphatic heterocycles. The first kappa shape index (κ1) is 22.9. The average molecular weight is 424 g/mol. The second-order valence-corrected chi connectivity index (χ2v) is 10.3. The number of benzene rings is 1. The minimum atomic E-state index is -3.81. The quantitative estimate of drug-likeness (QED) is 0.717. The second-order valence-electron chi connectivity index (χ2n) is 8.48. The van der Waals surface area contributed by atoms with Crippen LogP contribution in [-0.4, -0.2) is 30.3 Å². The number of aryl methyl sites for hydroxylation is 1. The maximum atomic E-state index is 12.6. The lowest BCUT2D eigenvalue weighted by Gasteiger charge is -2.22. The zero-order valence-electron chi connectivity index (χ0n) is 17.7. The highest BCUT2D eigenvalue weighted by molar-refractivity contribution is 7.90. The zero-order chi connectivity index (χ0) is 21.8. The Morgan fingerprint density at radius 3 is 2.34 bits per heavy atom. The Morgan fingerprint density at radius 1 is 1.17 bits per heavy atom. The molecule has 1 aromatic carbocycles. The fraction of sp³-hybridized carbons (Fsp3) is 0.550. The third kappa shape index (κ3) is 7.16. The van der Waals surface area contributed by atoms with Crippen LogP contribution in [-0.2, 0) is 20.3 Å². The summed E-state index contributed by atoms with van der Waals surface area (Å²) in [5, 5.41) is 9.81. The Balaban J connectivity index is 2.20. The molecule has 160 valence electrons. The summed E-state index contributed by atoms with van der Waals surface area (Å²) in [6.07, 6.45) is -0.149. The summed E-state index contributed by atoms with van der Waals surface area (Å²) in [4.78, 5) is 12.2. The molecule has 1 N–H and O–H groups in total. The molecule has 0 aliphatic rings. The van der Waals surface area contributed by atoms with Gasteiger partial charge in [0.05, 0.1) is 5.75 Å². The summed E-state index contributed by atoms with van der Waals surface area (Å²) in [5.41, 5.74) is 1.00. The molecule has 29 heavy (non-hydrogen) atoms. The molecule has 1 aromatic heterocycles. The molecular formula is C20H29N3O5S. The standard InChI is InChI=1S/C20H29N3O5S/c1-13(2)11-16(21-18(24)28-20(4,5)6)17-22-23-19(27-17)29(25,26)12-15-9-7-14(3)8-10-15/h7-10,13,16H,11-12H2,1-6H3,(H,21,24). The average Bonchev–Trinajstić information content (AvgIpc) is 3.05. The van der Waals surface area contributed by atoms with E-state index in [-0.39, 0.29) is 17.6 Å². The van der Waals surface area contributed by atoms with E-state index in [0.717, 1.165) is 5.56 Å². The van der Waals surface area contributed by atoms with E-state index in [9.17, 15) is 13.2 Å². The highest BCUT2D eigenvalue weighted by Crippen LogP contribution is 2.24. The van der Waals surface area contributed by atoms with E-state index in [2.05, 4.69) is 15.5 Å². The largest absolute Gasteiger partial charge is 0.444 e. The molecule has 2 rings (SSSR count). The molecule has 1 heterocycles. The number of nitrogens with zero attached hydrogens (tertiary/aromatic N) is 2. The molecule has 0 saturated heterocycles. The van der Waals surface area contributed by atoms with Crippen molar-refractivity contribution in [3.05, 3.63) is 41.3 Å². The topological polar surface area (TPSA) is 111 Å². The fourth-order valence-corrected chi connectivity index (χ4v) is 3.73. The number of ether oxygens (including phenoxy) is 1. The molecule has 0 fully saturated rings. The molecule has 0 saturated carbocycles. The van der Waals surface area contributed by atoms with Gasteiger partial charge in [0.1, 0.15) is 11.6 Å². The van der Waals surface area contributed by atoms with Crippen molar-refractivity contribution >= 4 is 15.9 Å². The first-order valence-corrected chi connectivity index (χ1v) is 11.1. The molecule has 0 spiro atoms. The van der Waals surface area contributed by atoms with Crippen LogP contribution in [0.15, 0.2) is 33.9 Å². The first-order valence-electron chi connectivity index (χ1n) is 9.47. The van der Waals surface area contributed by atoms with Crippen LogP contribution < -0.4 is 5.32 Å². The number of nitrogens with one attached hydrogen (secondary N) is 1. The number of carbonyl (C=O) groups excluding carboxylic acids is 1. The van der Waals surface area contributed by atoms with Crippen molar-refractivity contribution in [2.75, 3.05) is 0 Å². The van der Waals surface area contributed by atoms with Crippen LogP contribution in [0.3, 0.4) is 0 Å².